The van der Waals surface area contributed by atoms with E-state index < -0.39 is 0 Å². The predicted octanol–water partition coefficient (Wildman–Crippen LogP) is -0.318. The lowest BCUT2D eigenvalue weighted by Gasteiger charge is -2.37. The Morgan fingerprint density at radius 1 is 1.37 bits per heavy atom. The molecule has 0 radical (unpaired) electrons. The summed E-state index contributed by atoms with van der Waals surface area (Å²) in [6, 6.07) is 0.515. The summed E-state index contributed by atoms with van der Waals surface area (Å²) in [6.45, 7) is 3.68. The van der Waals surface area contributed by atoms with E-state index in [9.17, 15) is 4.79 Å². The van der Waals surface area contributed by atoms with Crippen molar-refractivity contribution >= 4 is 11.7 Å². The number of carbonyl (C=O) groups excluding carboxylic acids is 1. The molecule has 0 aliphatic carbocycles. The number of nitrogens with one attached hydrogen (secondary N) is 1. The standard InChI is InChI=1S/C12H18N6O/c13-16-11-7-14-6-10(15-11)12(19)18-5-4-17-3-1-2-9(17)8-18/h6-7,9H,1-5,8,13H2,(H,15,16). The molecule has 1 aromatic rings. The van der Waals surface area contributed by atoms with E-state index in [0.29, 0.717) is 17.6 Å². The van der Waals surface area contributed by atoms with Gasteiger partial charge in [0.05, 0.1) is 12.4 Å². The monoisotopic (exact) mass is 262 g/mol. The second-order valence-corrected chi connectivity index (χ2v) is 5.02. The molecule has 0 bridgehead atoms. The van der Waals surface area contributed by atoms with Crippen LogP contribution in [0.25, 0.3) is 0 Å². The fraction of sp³-hybridized carbons (Fsp3) is 0.583. The first-order valence-electron chi connectivity index (χ1n) is 6.60. The predicted molar refractivity (Wildman–Crippen MR) is 70.3 cm³/mol. The number of nitrogen functional groups attached to an aromatic ring is 1. The Kier molecular flexibility index (Phi) is 3.31. The molecule has 3 rings (SSSR count). The summed E-state index contributed by atoms with van der Waals surface area (Å²) >= 11 is 0. The van der Waals surface area contributed by atoms with E-state index in [4.69, 9.17) is 5.84 Å². The van der Waals surface area contributed by atoms with Gasteiger partial charge in [-0.15, -0.1) is 0 Å². The number of hydrazine groups is 1. The van der Waals surface area contributed by atoms with Crippen molar-refractivity contribution < 1.29 is 4.79 Å². The van der Waals surface area contributed by atoms with Gasteiger partial charge >= 0.3 is 0 Å². The van der Waals surface area contributed by atoms with E-state index in [1.54, 1.807) is 0 Å². The lowest BCUT2D eigenvalue weighted by molar-refractivity contribution is 0.0565. The second-order valence-electron chi connectivity index (χ2n) is 5.02. The van der Waals surface area contributed by atoms with Gasteiger partial charge in [-0.25, -0.2) is 10.8 Å². The average molecular weight is 262 g/mol. The number of piperazine rings is 1. The molecule has 7 nitrogen and oxygen atoms in total. The molecule has 1 atom stereocenters. The van der Waals surface area contributed by atoms with E-state index in [1.807, 2.05) is 4.90 Å². The number of fused-ring (bicyclic) bond motifs is 1. The number of nitrogens with two attached hydrogens (primary N) is 1. The lowest BCUT2D eigenvalue weighted by Crippen LogP contribution is -2.52. The first-order chi connectivity index (χ1) is 9.28. The van der Waals surface area contributed by atoms with E-state index in [0.717, 1.165) is 19.6 Å². The SMILES string of the molecule is NNc1cncc(C(=O)N2CCN3CCCC3C2)n1. The van der Waals surface area contributed by atoms with Crippen molar-refractivity contribution in [3.8, 4) is 0 Å². The van der Waals surface area contributed by atoms with Gasteiger partial charge in [0.1, 0.15) is 5.69 Å². The molecule has 1 aromatic heterocycles. The molecule has 3 heterocycles. The third-order valence-electron chi connectivity index (χ3n) is 3.88. The highest BCUT2D eigenvalue weighted by Gasteiger charge is 2.33. The second kappa shape index (κ2) is 5.10. The zero-order valence-corrected chi connectivity index (χ0v) is 10.7. The normalized spacial score (nSPS) is 23.2. The first kappa shape index (κ1) is 12.3. The highest BCUT2D eigenvalue weighted by Crippen LogP contribution is 2.22. The Balaban J connectivity index is 1.72. The van der Waals surface area contributed by atoms with Crippen LogP contribution in [0.5, 0.6) is 0 Å². The van der Waals surface area contributed by atoms with Crippen molar-refractivity contribution in [2.24, 2.45) is 5.84 Å². The highest BCUT2D eigenvalue weighted by atomic mass is 16.2. The molecule has 0 saturated carbocycles. The van der Waals surface area contributed by atoms with Gasteiger partial charge in [-0.3, -0.25) is 14.7 Å². The number of hydrogen-bond acceptors (Lipinski definition) is 6. The number of nitrogens with zero attached hydrogens (tertiary/aromatic N) is 4. The van der Waals surface area contributed by atoms with Crippen LogP contribution >= 0.6 is 0 Å². The molecule has 2 aliphatic rings. The summed E-state index contributed by atoms with van der Waals surface area (Å²) in [7, 11) is 0. The number of carbonyl (C=O) groups is 1. The van der Waals surface area contributed by atoms with Crippen molar-refractivity contribution in [2.75, 3.05) is 31.6 Å². The van der Waals surface area contributed by atoms with Gasteiger partial charge in [0.2, 0.25) is 0 Å². The van der Waals surface area contributed by atoms with Crippen molar-refractivity contribution in [1.29, 1.82) is 0 Å². The smallest absolute Gasteiger partial charge is 0.274 e. The Morgan fingerprint density at radius 2 is 2.26 bits per heavy atom. The Bertz CT molecular complexity index is 479. The van der Waals surface area contributed by atoms with Gasteiger partial charge < -0.3 is 10.3 Å². The molecule has 2 fully saturated rings. The van der Waals surface area contributed by atoms with Crippen molar-refractivity contribution in [3.05, 3.63) is 18.1 Å². The molecule has 19 heavy (non-hydrogen) atoms. The lowest BCUT2D eigenvalue weighted by atomic mass is 10.1. The molecule has 1 amide bonds. The van der Waals surface area contributed by atoms with Crippen LogP contribution in [0.15, 0.2) is 12.4 Å². The fourth-order valence-electron chi connectivity index (χ4n) is 2.88. The third-order valence-corrected chi connectivity index (χ3v) is 3.88. The van der Waals surface area contributed by atoms with E-state index in [2.05, 4.69) is 20.3 Å². The van der Waals surface area contributed by atoms with Crippen LogP contribution in [-0.2, 0) is 0 Å². The zero-order chi connectivity index (χ0) is 13.2. The van der Waals surface area contributed by atoms with Crippen LogP contribution in [0.3, 0.4) is 0 Å². The van der Waals surface area contributed by atoms with Crippen LogP contribution in [-0.4, -0.2) is 57.9 Å². The summed E-state index contributed by atoms with van der Waals surface area (Å²) in [5, 5.41) is 0. The van der Waals surface area contributed by atoms with Crippen molar-refractivity contribution in [1.82, 2.24) is 19.8 Å². The van der Waals surface area contributed by atoms with Crippen LogP contribution in [0.4, 0.5) is 5.82 Å². The summed E-state index contributed by atoms with van der Waals surface area (Å²) in [4.78, 5) is 24.9. The molecular formula is C12H18N6O. The summed E-state index contributed by atoms with van der Waals surface area (Å²) in [6.07, 6.45) is 5.40. The first-order valence-corrected chi connectivity index (χ1v) is 6.60. The maximum atomic E-state index is 12.4. The van der Waals surface area contributed by atoms with Crippen LogP contribution in [0.1, 0.15) is 23.3 Å². The van der Waals surface area contributed by atoms with E-state index in [1.165, 1.54) is 31.8 Å². The minimum Gasteiger partial charge on any atom is -0.334 e. The van der Waals surface area contributed by atoms with Crippen molar-refractivity contribution in [2.45, 2.75) is 18.9 Å². The largest absolute Gasteiger partial charge is 0.334 e. The van der Waals surface area contributed by atoms with Crippen LogP contribution in [0.2, 0.25) is 0 Å². The molecule has 3 N–H and O–H groups in total. The van der Waals surface area contributed by atoms with Crippen LogP contribution in [0, 0.1) is 0 Å². The highest BCUT2D eigenvalue weighted by molar-refractivity contribution is 5.92. The Hall–Kier alpha value is -1.73. The number of rotatable bonds is 2. The molecule has 1 unspecified atom stereocenters. The minimum atomic E-state index is -0.0591. The average Bonchev–Trinajstić information content (AvgIpc) is 2.94. The molecule has 102 valence electrons. The summed E-state index contributed by atoms with van der Waals surface area (Å²) < 4.78 is 0. The van der Waals surface area contributed by atoms with E-state index in [-0.39, 0.29) is 5.91 Å². The Labute approximate surface area is 111 Å². The maximum absolute atomic E-state index is 12.4. The molecule has 0 spiro atoms. The molecule has 7 heteroatoms. The zero-order valence-electron chi connectivity index (χ0n) is 10.7. The number of amides is 1. The maximum Gasteiger partial charge on any atom is 0.274 e. The van der Waals surface area contributed by atoms with Gasteiger partial charge in [0, 0.05) is 25.7 Å². The molecule has 0 aromatic carbocycles. The van der Waals surface area contributed by atoms with Gasteiger partial charge in [0.25, 0.3) is 5.91 Å². The topological polar surface area (TPSA) is 87.4 Å². The molecule has 2 saturated heterocycles. The third kappa shape index (κ3) is 2.39. The minimum absolute atomic E-state index is 0.0591. The molecule has 2 aliphatic heterocycles. The summed E-state index contributed by atoms with van der Waals surface area (Å²) in [5.41, 5.74) is 2.76. The molecular weight excluding hydrogens is 244 g/mol. The number of anilines is 1. The fourth-order valence-corrected chi connectivity index (χ4v) is 2.88. The number of hydrogen-bond donors (Lipinski definition) is 2. The van der Waals surface area contributed by atoms with Crippen LogP contribution < -0.4 is 11.3 Å². The van der Waals surface area contributed by atoms with Gasteiger partial charge in [-0.2, -0.15) is 0 Å². The summed E-state index contributed by atoms with van der Waals surface area (Å²) in [5.74, 6) is 5.63. The van der Waals surface area contributed by atoms with Gasteiger partial charge in [0.15, 0.2) is 5.82 Å². The number of aromatic nitrogens is 2. The Morgan fingerprint density at radius 3 is 3.11 bits per heavy atom. The van der Waals surface area contributed by atoms with Gasteiger partial charge in [-0.1, -0.05) is 0 Å². The van der Waals surface area contributed by atoms with Crippen molar-refractivity contribution in [3.63, 3.8) is 0 Å². The van der Waals surface area contributed by atoms with Gasteiger partial charge in [-0.05, 0) is 19.4 Å². The van der Waals surface area contributed by atoms with E-state index >= 15 is 0 Å². The quantitative estimate of drug-likeness (QED) is 0.561.